The summed E-state index contributed by atoms with van der Waals surface area (Å²) < 4.78 is 0. The van der Waals surface area contributed by atoms with Crippen LogP contribution < -0.4 is 0 Å². The lowest BCUT2D eigenvalue weighted by atomic mass is 9.92. The van der Waals surface area contributed by atoms with Crippen LogP contribution in [-0.2, 0) is 0 Å². The van der Waals surface area contributed by atoms with Crippen molar-refractivity contribution >= 4 is 33.1 Å². The minimum atomic E-state index is 0.774. The van der Waals surface area contributed by atoms with Gasteiger partial charge in [-0.15, -0.1) is 0 Å². The average Bonchev–Trinajstić information content (AvgIpc) is 2.74. The van der Waals surface area contributed by atoms with Gasteiger partial charge in [0.2, 0.25) is 0 Å². The first-order chi connectivity index (χ1) is 13.3. The first-order valence-electron chi connectivity index (χ1n) is 9.07. The normalized spacial score (nSPS) is 11.1. The van der Waals surface area contributed by atoms with Crippen molar-refractivity contribution in [1.82, 2.24) is 0 Å². The Kier molecular flexibility index (Phi) is 3.92. The summed E-state index contributed by atoms with van der Waals surface area (Å²) in [6.45, 7) is 0. The van der Waals surface area contributed by atoms with Crippen molar-refractivity contribution in [2.24, 2.45) is 0 Å². The highest BCUT2D eigenvalue weighted by Crippen LogP contribution is 2.38. The molecule has 0 nitrogen and oxygen atoms in total. The Bertz CT molecular complexity index is 1270. The van der Waals surface area contributed by atoms with Crippen LogP contribution in [0.5, 0.6) is 0 Å². The molecule has 0 radical (unpaired) electrons. The lowest BCUT2D eigenvalue weighted by molar-refractivity contribution is 1.61. The molecule has 0 amide bonds. The molecule has 0 bridgehead atoms. The Hall–Kier alpha value is -3.09. The van der Waals surface area contributed by atoms with Crippen molar-refractivity contribution in [2.45, 2.75) is 0 Å². The van der Waals surface area contributed by atoms with Crippen LogP contribution in [0.1, 0.15) is 0 Å². The van der Waals surface area contributed by atoms with E-state index in [1.165, 1.54) is 27.1 Å². The van der Waals surface area contributed by atoms with Gasteiger partial charge in [0, 0.05) is 10.6 Å². The third kappa shape index (κ3) is 2.79. The second-order valence-corrected chi connectivity index (χ2v) is 7.16. The first-order valence-corrected chi connectivity index (χ1v) is 9.45. The summed E-state index contributed by atoms with van der Waals surface area (Å²) in [7, 11) is 0. The minimum Gasteiger partial charge on any atom is -0.0836 e. The lowest BCUT2D eigenvalue weighted by Gasteiger charge is -2.13. The Labute approximate surface area is 163 Å². The van der Waals surface area contributed by atoms with Gasteiger partial charge in [-0.05, 0) is 50.4 Å². The summed E-state index contributed by atoms with van der Waals surface area (Å²) in [6.07, 6.45) is 0. The van der Waals surface area contributed by atoms with E-state index in [0.717, 1.165) is 21.7 Å². The fourth-order valence-corrected chi connectivity index (χ4v) is 4.12. The predicted molar refractivity (Wildman–Crippen MR) is 117 cm³/mol. The highest BCUT2D eigenvalue weighted by Gasteiger charge is 2.10. The third-order valence-corrected chi connectivity index (χ3v) is 5.45. The molecule has 0 N–H and O–H groups in total. The van der Waals surface area contributed by atoms with Crippen molar-refractivity contribution in [3.63, 3.8) is 0 Å². The fourth-order valence-electron chi connectivity index (χ4n) is 3.83. The van der Waals surface area contributed by atoms with Crippen molar-refractivity contribution in [3.05, 3.63) is 108 Å². The molecule has 5 aromatic rings. The SMILES string of the molecule is Clc1cc(-c2cc3ccccc3c3ccccc23)ccc1-c1ccccc1. The molecule has 0 unspecified atom stereocenters. The number of fused-ring (bicyclic) bond motifs is 3. The number of benzene rings is 5. The van der Waals surface area contributed by atoms with Gasteiger partial charge < -0.3 is 0 Å². The maximum Gasteiger partial charge on any atom is 0.0490 e. The summed E-state index contributed by atoms with van der Waals surface area (Å²) in [4.78, 5) is 0. The summed E-state index contributed by atoms with van der Waals surface area (Å²) in [5.74, 6) is 0. The molecular weight excluding hydrogens is 348 g/mol. The van der Waals surface area contributed by atoms with E-state index in [-0.39, 0.29) is 0 Å². The van der Waals surface area contributed by atoms with Crippen molar-refractivity contribution < 1.29 is 0 Å². The topological polar surface area (TPSA) is 0 Å². The second-order valence-electron chi connectivity index (χ2n) is 6.75. The zero-order valence-electron chi connectivity index (χ0n) is 14.7. The monoisotopic (exact) mass is 364 g/mol. The lowest BCUT2D eigenvalue weighted by Crippen LogP contribution is -1.86. The van der Waals surface area contributed by atoms with Crippen LogP contribution in [0.15, 0.2) is 103 Å². The highest BCUT2D eigenvalue weighted by molar-refractivity contribution is 6.33. The predicted octanol–water partition coefficient (Wildman–Crippen LogP) is 7.98. The molecule has 1 heteroatoms. The molecular formula is C26H17Cl. The molecule has 27 heavy (non-hydrogen) atoms. The molecule has 0 atom stereocenters. The second kappa shape index (κ2) is 6.57. The molecule has 0 aliphatic carbocycles. The van der Waals surface area contributed by atoms with Crippen LogP contribution >= 0.6 is 11.6 Å². The van der Waals surface area contributed by atoms with Gasteiger partial charge in [-0.3, -0.25) is 0 Å². The maximum atomic E-state index is 6.68. The Morgan fingerprint density at radius 3 is 1.89 bits per heavy atom. The van der Waals surface area contributed by atoms with Crippen LogP contribution in [0.2, 0.25) is 5.02 Å². The van der Waals surface area contributed by atoms with E-state index >= 15 is 0 Å². The average molecular weight is 365 g/mol. The van der Waals surface area contributed by atoms with Gasteiger partial charge in [0.05, 0.1) is 0 Å². The van der Waals surface area contributed by atoms with Gasteiger partial charge in [0.1, 0.15) is 0 Å². The van der Waals surface area contributed by atoms with E-state index in [9.17, 15) is 0 Å². The van der Waals surface area contributed by atoms with Crippen molar-refractivity contribution in [3.8, 4) is 22.3 Å². The van der Waals surface area contributed by atoms with Crippen LogP contribution in [0.4, 0.5) is 0 Å². The molecule has 0 spiro atoms. The summed E-state index contributed by atoms with van der Waals surface area (Å²) in [5.41, 5.74) is 4.55. The molecule has 128 valence electrons. The number of halogens is 1. The van der Waals surface area contributed by atoms with Gasteiger partial charge in [-0.25, -0.2) is 0 Å². The first kappa shape index (κ1) is 16.1. The summed E-state index contributed by atoms with van der Waals surface area (Å²) in [5, 5.41) is 5.82. The van der Waals surface area contributed by atoms with E-state index in [2.05, 4.69) is 84.9 Å². The molecule has 5 rings (SSSR count). The zero-order chi connectivity index (χ0) is 18.2. The van der Waals surface area contributed by atoms with Gasteiger partial charge in [-0.2, -0.15) is 0 Å². The number of hydrogen-bond donors (Lipinski definition) is 0. The molecule has 0 aliphatic heterocycles. The largest absolute Gasteiger partial charge is 0.0836 e. The Balaban J connectivity index is 1.75. The van der Waals surface area contributed by atoms with Crippen LogP contribution in [0.3, 0.4) is 0 Å². The molecule has 0 heterocycles. The molecule has 0 fully saturated rings. The van der Waals surface area contributed by atoms with E-state index < -0.39 is 0 Å². The number of rotatable bonds is 2. The van der Waals surface area contributed by atoms with Gasteiger partial charge in [-0.1, -0.05) is 103 Å². The smallest absolute Gasteiger partial charge is 0.0490 e. The molecule has 0 saturated carbocycles. The fraction of sp³-hybridized carbons (Fsp3) is 0. The molecule has 0 aromatic heterocycles. The van der Waals surface area contributed by atoms with E-state index in [1.54, 1.807) is 0 Å². The standard InChI is InChI=1S/C26H17Cl/c27-26-17-20(14-15-22(26)18-8-2-1-3-9-18)25-16-19-10-4-5-11-21(19)23-12-6-7-13-24(23)25/h1-17H. The Morgan fingerprint density at radius 2 is 1.11 bits per heavy atom. The molecule has 5 aromatic carbocycles. The summed E-state index contributed by atoms with van der Waals surface area (Å²) >= 11 is 6.68. The maximum absolute atomic E-state index is 6.68. The zero-order valence-corrected chi connectivity index (χ0v) is 15.4. The van der Waals surface area contributed by atoms with Gasteiger partial charge >= 0.3 is 0 Å². The van der Waals surface area contributed by atoms with E-state index in [0.29, 0.717) is 0 Å². The third-order valence-electron chi connectivity index (χ3n) is 5.13. The quantitative estimate of drug-likeness (QED) is 0.278. The Morgan fingerprint density at radius 1 is 0.444 bits per heavy atom. The van der Waals surface area contributed by atoms with Crippen LogP contribution in [0, 0.1) is 0 Å². The van der Waals surface area contributed by atoms with Gasteiger partial charge in [0.25, 0.3) is 0 Å². The highest BCUT2D eigenvalue weighted by atomic mass is 35.5. The summed E-state index contributed by atoms with van der Waals surface area (Å²) in [6, 6.07) is 36.1. The van der Waals surface area contributed by atoms with Crippen molar-refractivity contribution in [1.29, 1.82) is 0 Å². The van der Waals surface area contributed by atoms with E-state index in [1.807, 2.05) is 18.2 Å². The van der Waals surface area contributed by atoms with Gasteiger partial charge in [0.15, 0.2) is 0 Å². The van der Waals surface area contributed by atoms with Crippen molar-refractivity contribution in [2.75, 3.05) is 0 Å². The van der Waals surface area contributed by atoms with Crippen LogP contribution in [-0.4, -0.2) is 0 Å². The molecule has 0 saturated heterocycles. The van der Waals surface area contributed by atoms with E-state index in [4.69, 9.17) is 11.6 Å². The number of hydrogen-bond acceptors (Lipinski definition) is 0. The molecule has 0 aliphatic rings. The minimum absolute atomic E-state index is 0.774. The van der Waals surface area contributed by atoms with Crippen LogP contribution in [0.25, 0.3) is 43.8 Å².